The molecule has 0 aliphatic carbocycles. The molecule has 0 aromatic carbocycles. The van der Waals surface area contributed by atoms with Crippen molar-refractivity contribution in [3.05, 3.63) is 24.3 Å². The van der Waals surface area contributed by atoms with E-state index in [9.17, 15) is 0 Å². The van der Waals surface area contributed by atoms with Crippen molar-refractivity contribution in [2.75, 3.05) is 0 Å². The Morgan fingerprint density at radius 3 is 3.07 bits per heavy atom. The Hall–Kier alpha value is -1.45. The molecule has 0 aliphatic heterocycles. The van der Waals surface area contributed by atoms with Crippen LogP contribution in [0, 0.1) is 0 Å². The van der Waals surface area contributed by atoms with Gasteiger partial charge in [0.25, 0.3) is 5.78 Å². The van der Waals surface area contributed by atoms with Gasteiger partial charge in [0.2, 0.25) is 0 Å². The number of rotatable bonds is 3. The molecule has 4 nitrogen and oxygen atoms in total. The van der Waals surface area contributed by atoms with Crippen LogP contribution < -0.4 is 0 Å². The zero-order chi connectivity index (χ0) is 9.97. The summed E-state index contributed by atoms with van der Waals surface area (Å²) in [6.07, 6.45) is 5.99. The van der Waals surface area contributed by atoms with E-state index in [0.717, 1.165) is 18.7 Å². The van der Waals surface area contributed by atoms with Crippen LogP contribution >= 0.6 is 0 Å². The number of aromatic nitrogens is 4. The van der Waals surface area contributed by atoms with Crippen LogP contribution in [0.4, 0.5) is 0 Å². The van der Waals surface area contributed by atoms with E-state index < -0.39 is 0 Å². The second-order valence-corrected chi connectivity index (χ2v) is 3.54. The van der Waals surface area contributed by atoms with E-state index in [1.165, 1.54) is 0 Å². The molecule has 4 heteroatoms. The predicted molar refractivity (Wildman–Crippen MR) is 54.1 cm³/mol. The van der Waals surface area contributed by atoms with Crippen LogP contribution in [0.2, 0.25) is 0 Å². The smallest absolute Gasteiger partial charge is 0.254 e. The maximum absolute atomic E-state index is 4.16. The largest absolute Gasteiger partial charge is 0.270 e. The minimum absolute atomic E-state index is 0.444. The highest BCUT2D eigenvalue weighted by molar-refractivity contribution is 5.27. The molecule has 1 unspecified atom stereocenters. The van der Waals surface area contributed by atoms with Gasteiger partial charge in [0.05, 0.1) is 0 Å². The number of hydrogen-bond donors (Lipinski definition) is 0. The summed E-state index contributed by atoms with van der Waals surface area (Å²) >= 11 is 0. The zero-order valence-electron chi connectivity index (χ0n) is 8.51. The SMILES string of the molecule is CCCC(C)c1nnc2ncccn12. The van der Waals surface area contributed by atoms with Crippen LogP contribution in [0.1, 0.15) is 38.4 Å². The van der Waals surface area contributed by atoms with Gasteiger partial charge < -0.3 is 0 Å². The normalized spacial score (nSPS) is 13.3. The average Bonchev–Trinajstić information content (AvgIpc) is 2.61. The van der Waals surface area contributed by atoms with E-state index >= 15 is 0 Å². The molecule has 14 heavy (non-hydrogen) atoms. The van der Waals surface area contributed by atoms with E-state index in [0.29, 0.717) is 11.7 Å². The van der Waals surface area contributed by atoms with Crippen molar-refractivity contribution < 1.29 is 0 Å². The third kappa shape index (κ3) is 1.47. The zero-order valence-corrected chi connectivity index (χ0v) is 8.51. The maximum atomic E-state index is 4.16. The Balaban J connectivity index is 2.42. The lowest BCUT2D eigenvalue weighted by molar-refractivity contribution is 0.620. The van der Waals surface area contributed by atoms with Crippen molar-refractivity contribution in [3.63, 3.8) is 0 Å². The average molecular weight is 190 g/mol. The molecule has 0 saturated carbocycles. The number of fused-ring (bicyclic) bond motifs is 1. The van der Waals surface area contributed by atoms with E-state index in [4.69, 9.17) is 0 Å². The maximum Gasteiger partial charge on any atom is 0.254 e. The summed E-state index contributed by atoms with van der Waals surface area (Å²) in [6, 6.07) is 1.90. The molecule has 74 valence electrons. The Morgan fingerprint density at radius 1 is 1.43 bits per heavy atom. The Kier molecular flexibility index (Phi) is 2.43. The van der Waals surface area contributed by atoms with Crippen molar-refractivity contribution >= 4 is 5.78 Å². The first-order valence-corrected chi connectivity index (χ1v) is 4.98. The molecule has 2 aromatic rings. The molecule has 1 atom stereocenters. The highest BCUT2D eigenvalue weighted by Gasteiger charge is 2.12. The van der Waals surface area contributed by atoms with E-state index in [1.54, 1.807) is 6.20 Å². The fourth-order valence-corrected chi connectivity index (χ4v) is 1.66. The first-order chi connectivity index (χ1) is 6.83. The molecule has 0 N–H and O–H groups in total. The first kappa shape index (κ1) is 9.12. The highest BCUT2D eigenvalue weighted by Crippen LogP contribution is 2.18. The van der Waals surface area contributed by atoms with Gasteiger partial charge in [-0.3, -0.25) is 4.40 Å². The fourth-order valence-electron chi connectivity index (χ4n) is 1.66. The van der Waals surface area contributed by atoms with Gasteiger partial charge in [-0.05, 0) is 12.5 Å². The van der Waals surface area contributed by atoms with Crippen molar-refractivity contribution in [2.45, 2.75) is 32.6 Å². The van der Waals surface area contributed by atoms with Crippen LogP contribution in [0.5, 0.6) is 0 Å². The summed E-state index contributed by atoms with van der Waals surface area (Å²) in [7, 11) is 0. The molecule has 0 saturated heterocycles. The highest BCUT2D eigenvalue weighted by atomic mass is 15.3. The van der Waals surface area contributed by atoms with E-state index in [1.807, 2.05) is 16.7 Å². The van der Waals surface area contributed by atoms with E-state index in [-0.39, 0.29) is 0 Å². The fraction of sp³-hybridized carbons (Fsp3) is 0.500. The number of hydrogen-bond acceptors (Lipinski definition) is 3. The lowest BCUT2D eigenvalue weighted by Gasteiger charge is -2.06. The van der Waals surface area contributed by atoms with Crippen molar-refractivity contribution in [2.24, 2.45) is 0 Å². The molecule has 0 aliphatic rings. The van der Waals surface area contributed by atoms with Crippen LogP contribution in [0.15, 0.2) is 18.5 Å². The Labute approximate surface area is 83.0 Å². The van der Waals surface area contributed by atoms with Crippen LogP contribution in [-0.2, 0) is 0 Å². The summed E-state index contributed by atoms with van der Waals surface area (Å²) < 4.78 is 1.96. The topological polar surface area (TPSA) is 43.1 Å². The summed E-state index contributed by atoms with van der Waals surface area (Å²) in [5.41, 5.74) is 0. The molecule has 0 fully saturated rings. The minimum atomic E-state index is 0.444. The van der Waals surface area contributed by atoms with Crippen LogP contribution in [-0.4, -0.2) is 19.6 Å². The Morgan fingerprint density at radius 2 is 2.29 bits per heavy atom. The summed E-state index contributed by atoms with van der Waals surface area (Å²) in [5.74, 6) is 2.14. The summed E-state index contributed by atoms with van der Waals surface area (Å²) in [6.45, 7) is 4.35. The van der Waals surface area contributed by atoms with Gasteiger partial charge in [-0.25, -0.2) is 4.98 Å². The molecule has 2 aromatic heterocycles. The van der Waals surface area contributed by atoms with Gasteiger partial charge >= 0.3 is 0 Å². The third-order valence-corrected chi connectivity index (χ3v) is 2.38. The van der Waals surface area contributed by atoms with Gasteiger partial charge in [0, 0.05) is 18.3 Å². The summed E-state index contributed by atoms with van der Waals surface area (Å²) in [5, 5.41) is 8.19. The molecule has 2 rings (SSSR count). The van der Waals surface area contributed by atoms with Crippen LogP contribution in [0.25, 0.3) is 5.78 Å². The lowest BCUT2D eigenvalue weighted by atomic mass is 10.1. The molecule has 2 heterocycles. The second kappa shape index (κ2) is 3.74. The van der Waals surface area contributed by atoms with Gasteiger partial charge in [0.15, 0.2) is 0 Å². The van der Waals surface area contributed by atoms with E-state index in [2.05, 4.69) is 29.0 Å². The number of nitrogens with zero attached hydrogens (tertiary/aromatic N) is 4. The van der Waals surface area contributed by atoms with Crippen molar-refractivity contribution in [3.8, 4) is 0 Å². The van der Waals surface area contributed by atoms with Gasteiger partial charge in [-0.15, -0.1) is 10.2 Å². The third-order valence-electron chi connectivity index (χ3n) is 2.38. The van der Waals surface area contributed by atoms with Gasteiger partial charge in [0.1, 0.15) is 5.82 Å². The lowest BCUT2D eigenvalue weighted by Crippen LogP contribution is -2.00. The second-order valence-electron chi connectivity index (χ2n) is 3.54. The quantitative estimate of drug-likeness (QED) is 0.743. The minimum Gasteiger partial charge on any atom is -0.270 e. The molecule has 0 bridgehead atoms. The molecular formula is C10H14N4. The molecular weight excluding hydrogens is 176 g/mol. The van der Waals surface area contributed by atoms with Crippen LogP contribution in [0.3, 0.4) is 0 Å². The standard InChI is InChI=1S/C10H14N4/c1-3-5-8(2)9-12-13-10-11-6-4-7-14(9)10/h4,6-8H,3,5H2,1-2H3. The van der Waals surface area contributed by atoms with Crippen molar-refractivity contribution in [1.82, 2.24) is 19.6 Å². The molecule has 0 amide bonds. The molecule has 0 spiro atoms. The Bertz CT molecular complexity index is 421. The summed E-state index contributed by atoms with van der Waals surface area (Å²) in [4.78, 5) is 4.13. The van der Waals surface area contributed by atoms with Crippen molar-refractivity contribution in [1.29, 1.82) is 0 Å². The monoisotopic (exact) mass is 190 g/mol. The first-order valence-electron chi connectivity index (χ1n) is 4.98. The van der Waals surface area contributed by atoms with Gasteiger partial charge in [-0.2, -0.15) is 0 Å². The molecule has 0 radical (unpaired) electrons. The predicted octanol–water partition coefficient (Wildman–Crippen LogP) is 2.03. The van der Waals surface area contributed by atoms with Gasteiger partial charge in [-0.1, -0.05) is 20.3 Å².